The Morgan fingerprint density at radius 1 is 1.42 bits per heavy atom. The molecular weight excluding hydrogens is 355 g/mol. The van der Waals surface area contributed by atoms with E-state index in [0.29, 0.717) is 6.54 Å². The average Bonchev–Trinajstić information content (AvgIpc) is 2.74. The lowest BCUT2D eigenvalue weighted by Gasteiger charge is -2.12. The molecule has 1 aromatic heterocycles. The molecule has 6 nitrogen and oxygen atoms in total. The van der Waals surface area contributed by atoms with Crippen LogP contribution in [0.15, 0.2) is 11.3 Å². The zero-order valence-corrected chi connectivity index (χ0v) is 14.5. The maximum absolute atomic E-state index is 4.17. The van der Waals surface area contributed by atoms with E-state index in [0.717, 1.165) is 30.7 Å². The fraction of sp³-hybridized carbons (Fsp3) is 0.750. The van der Waals surface area contributed by atoms with Crippen LogP contribution in [0.4, 0.5) is 0 Å². The molecular formula is C12H25IN6. The van der Waals surface area contributed by atoms with Crippen molar-refractivity contribution in [2.75, 3.05) is 13.6 Å². The van der Waals surface area contributed by atoms with Crippen molar-refractivity contribution >= 4 is 29.9 Å². The van der Waals surface area contributed by atoms with Gasteiger partial charge in [0.05, 0.1) is 6.54 Å². The van der Waals surface area contributed by atoms with Crippen LogP contribution in [0.2, 0.25) is 0 Å². The van der Waals surface area contributed by atoms with E-state index in [-0.39, 0.29) is 24.0 Å². The van der Waals surface area contributed by atoms with E-state index < -0.39 is 0 Å². The molecule has 1 aromatic rings. The first-order valence-corrected chi connectivity index (χ1v) is 6.41. The molecule has 2 N–H and O–H groups in total. The van der Waals surface area contributed by atoms with Gasteiger partial charge in [-0.05, 0) is 18.8 Å². The van der Waals surface area contributed by atoms with Crippen LogP contribution >= 0.6 is 24.0 Å². The third kappa shape index (κ3) is 7.34. The average molecular weight is 380 g/mol. The summed E-state index contributed by atoms with van der Waals surface area (Å²) in [7, 11) is 3.70. The summed E-state index contributed by atoms with van der Waals surface area (Å²) in [5.74, 6) is 2.45. The Morgan fingerprint density at radius 2 is 2.16 bits per heavy atom. The maximum Gasteiger partial charge on any atom is 0.191 e. The molecule has 0 aromatic carbocycles. The van der Waals surface area contributed by atoms with Crippen molar-refractivity contribution in [1.82, 2.24) is 25.4 Å². The fourth-order valence-corrected chi connectivity index (χ4v) is 1.57. The van der Waals surface area contributed by atoms with Gasteiger partial charge < -0.3 is 15.2 Å². The minimum absolute atomic E-state index is 0. The van der Waals surface area contributed by atoms with E-state index in [4.69, 9.17) is 0 Å². The van der Waals surface area contributed by atoms with E-state index in [1.807, 2.05) is 11.6 Å². The van der Waals surface area contributed by atoms with Gasteiger partial charge in [-0.2, -0.15) is 0 Å². The first-order valence-electron chi connectivity index (χ1n) is 6.41. The molecule has 0 saturated carbocycles. The number of halogens is 1. The molecule has 0 radical (unpaired) electrons. The number of nitrogens with one attached hydrogen (secondary N) is 2. The lowest BCUT2D eigenvalue weighted by molar-refractivity contribution is 0.549. The molecule has 0 saturated heterocycles. The van der Waals surface area contributed by atoms with E-state index >= 15 is 0 Å². The number of nitrogens with zero attached hydrogens (tertiary/aromatic N) is 4. The molecule has 7 heteroatoms. The third-order valence-corrected chi connectivity index (χ3v) is 2.69. The van der Waals surface area contributed by atoms with Crippen LogP contribution in [0.5, 0.6) is 0 Å². The second-order valence-electron chi connectivity index (χ2n) is 4.75. The summed E-state index contributed by atoms with van der Waals surface area (Å²) < 4.78 is 1.89. The van der Waals surface area contributed by atoms with Crippen LogP contribution < -0.4 is 10.6 Å². The Morgan fingerprint density at radius 3 is 2.68 bits per heavy atom. The summed E-state index contributed by atoms with van der Waals surface area (Å²) >= 11 is 0. The molecule has 0 unspecified atom stereocenters. The molecule has 0 amide bonds. The summed E-state index contributed by atoms with van der Waals surface area (Å²) in [6.45, 7) is 6.04. The van der Waals surface area contributed by atoms with Gasteiger partial charge >= 0.3 is 0 Å². The number of aliphatic imine (C=N–C) groups is 1. The molecule has 0 spiro atoms. The van der Waals surface area contributed by atoms with Crippen LogP contribution in [0.3, 0.4) is 0 Å². The number of hydrogen-bond donors (Lipinski definition) is 2. The predicted molar refractivity (Wildman–Crippen MR) is 88.7 cm³/mol. The third-order valence-electron chi connectivity index (χ3n) is 2.69. The van der Waals surface area contributed by atoms with Crippen molar-refractivity contribution in [3.63, 3.8) is 0 Å². The minimum atomic E-state index is 0. The van der Waals surface area contributed by atoms with Crippen LogP contribution in [-0.4, -0.2) is 34.3 Å². The largest absolute Gasteiger partial charge is 0.356 e. The van der Waals surface area contributed by atoms with Gasteiger partial charge in [-0.1, -0.05) is 13.8 Å². The molecule has 0 aliphatic carbocycles. The summed E-state index contributed by atoms with van der Waals surface area (Å²) in [6, 6.07) is 0. The quantitative estimate of drug-likeness (QED) is 0.340. The van der Waals surface area contributed by atoms with Crippen molar-refractivity contribution in [2.45, 2.75) is 33.2 Å². The van der Waals surface area contributed by atoms with Gasteiger partial charge in [-0.25, -0.2) is 0 Å². The lowest BCUT2D eigenvalue weighted by Crippen LogP contribution is -2.37. The van der Waals surface area contributed by atoms with Gasteiger partial charge in [0.25, 0.3) is 0 Å². The maximum atomic E-state index is 4.17. The number of aryl methyl sites for hydroxylation is 1. The van der Waals surface area contributed by atoms with Gasteiger partial charge in [-0.15, -0.1) is 34.2 Å². The molecule has 110 valence electrons. The highest BCUT2D eigenvalue weighted by Crippen LogP contribution is 2.01. The standard InChI is InChI=1S/C12H24N6.HI/c1-10(2)6-5-7-14-12(13-3)15-8-11-17-16-9-18(11)4;/h9-10H,5-8H2,1-4H3,(H2,13,14,15);1H. The number of hydrogen-bond acceptors (Lipinski definition) is 3. The Hall–Kier alpha value is -0.860. The molecule has 19 heavy (non-hydrogen) atoms. The van der Waals surface area contributed by atoms with Crippen molar-refractivity contribution in [2.24, 2.45) is 18.0 Å². The van der Waals surface area contributed by atoms with E-state index in [1.165, 1.54) is 6.42 Å². The van der Waals surface area contributed by atoms with Crippen molar-refractivity contribution in [3.05, 3.63) is 12.2 Å². The van der Waals surface area contributed by atoms with Gasteiger partial charge in [0, 0.05) is 20.6 Å². The van der Waals surface area contributed by atoms with Gasteiger partial charge in [0.1, 0.15) is 6.33 Å². The Labute approximate surface area is 132 Å². The number of guanidine groups is 1. The highest BCUT2D eigenvalue weighted by atomic mass is 127. The van der Waals surface area contributed by atoms with E-state index in [9.17, 15) is 0 Å². The normalized spacial score (nSPS) is 11.3. The highest BCUT2D eigenvalue weighted by molar-refractivity contribution is 14.0. The second kappa shape index (κ2) is 9.99. The van der Waals surface area contributed by atoms with Crippen molar-refractivity contribution < 1.29 is 0 Å². The molecule has 1 heterocycles. The van der Waals surface area contributed by atoms with Crippen molar-refractivity contribution in [3.8, 4) is 0 Å². The molecule has 0 atom stereocenters. The molecule has 1 rings (SSSR count). The summed E-state index contributed by atoms with van der Waals surface area (Å²) in [5, 5.41) is 14.3. The zero-order chi connectivity index (χ0) is 13.4. The molecule has 0 aliphatic heterocycles. The second-order valence-corrected chi connectivity index (χ2v) is 4.75. The SMILES string of the molecule is CN=C(NCCCC(C)C)NCc1nncn1C.I. The summed E-state index contributed by atoms with van der Waals surface area (Å²) in [4.78, 5) is 4.17. The van der Waals surface area contributed by atoms with Gasteiger partial charge in [0.15, 0.2) is 11.8 Å². The van der Waals surface area contributed by atoms with Crippen LogP contribution in [-0.2, 0) is 13.6 Å². The smallest absolute Gasteiger partial charge is 0.191 e. The minimum Gasteiger partial charge on any atom is -0.356 e. The van der Waals surface area contributed by atoms with E-state index in [1.54, 1.807) is 13.4 Å². The molecule has 0 aliphatic rings. The summed E-state index contributed by atoms with van der Waals surface area (Å²) in [5.41, 5.74) is 0. The molecule has 0 fully saturated rings. The van der Waals surface area contributed by atoms with Crippen LogP contribution in [0.1, 0.15) is 32.5 Å². The van der Waals surface area contributed by atoms with Crippen LogP contribution in [0.25, 0.3) is 0 Å². The van der Waals surface area contributed by atoms with Crippen LogP contribution in [0, 0.1) is 5.92 Å². The fourth-order valence-electron chi connectivity index (χ4n) is 1.57. The lowest BCUT2D eigenvalue weighted by atomic mass is 10.1. The predicted octanol–water partition coefficient (Wildman–Crippen LogP) is 1.53. The molecule has 0 bridgehead atoms. The van der Waals surface area contributed by atoms with E-state index in [2.05, 4.69) is 39.7 Å². The Balaban J connectivity index is 0.00000324. The van der Waals surface area contributed by atoms with Gasteiger partial charge in [-0.3, -0.25) is 4.99 Å². The number of aromatic nitrogens is 3. The van der Waals surface area contributed by atoms with Crippen molar-refractivity contribution in [1.29, 1.82) is 0 Å². The monoisotopic (exact) mass is 380 g/mol. The first-order chi connectivity index (χ1) is 8.63. The first kappa shape index (κ1) is 18.1. The Bertz CT molecular complexity index is 374. The zero-order valence-electron chi connectivity index (χ0n) is 12.2. The topological polar surface area (TPSA) is 67.1 Å². The highest BCUT2D eigenvalue weighted by Gasteiger charge is 2.02. The summed E-state index contributed by atoms with van der Waals surface area (Å²) in [6.07, 6.45) is 4.07. The van der Waals surface area contributed by atoms with Gasteiger partial charge in [0.2, 0.25) is 0 Å². The number of rotatable bonds is 6. The Kier molecular flexibility index (Phi) is 9.54.